The zero-order chi connectivity index (χ0) is 22.2. The Morgan fingerprint density at radius 2 is 1.84 bits per heavy atom. The molecule has 2 unspecified atom stereocenters. The Morgan fingerprint density at radius 1 is 1.06 bits per heavy atom. The van der Waals surface area contributed by atoms with Crippen LogP contribution in [0.25, 0.3) is 10.9 Å². The third-order valence-corrected chi connectivity index (χ3v) is 6.89. The first-order chi connectivity index (χ1) is 15.5. The van der Waals surface area contributed by atoms with Crippen LogP contribution in [0.2, 0.25) is 0 Å². The van der Waals surface area contributed by atoms with Crippen LogP contribution in [-0.2, 0) is 16.0 Å². The molecule has 2 atom stereocenters. The molecule has 160 valence electrons. The van der Waals surface area contributed by atoms with Crippen molar-refractivity contribution in [2.75, 3.05) is 6.54 Å². The van der Waals surface area contributed by atoms with Crippen LogP contribution >= 0.6 is 11.3 Å². The standard InChI is InChI=1S/C26H22N2O3S/c1-16-6-8-17(9-7-16)23-22(24(29)19-11-13-32-15-19)25(30)26(31)28(23)12-10-18-14-27-21-5-3-2-4-20(18)21/h2-9,11,13-15,22-23,27H,10,12H2,1H3. The highest BCUT2D eigenvalue weighted by Gasteiger charge is 2.51. The maximum absolute atomic E-state index is 13.3. The smallest absolute Gasteiger partial charge is 0.291 e. The van der Waals surface area contributed by atoms with Crippen molar-refractivity contribution in [3.8, 4) is 0 Å². The lowest BCUT2D eigenvalue weighted by atomic mass is 9.87. The Bertz CT molecular complexity index is 1300. The Balaban J connectivity index is 1.50. The number of ketones is 2. The molecule has 1 fully saturated rings. The number of aromatic nitrogens is 1. The molecule has 0 aliphatic carbocycles. The van der Waals surface area contributed by atoms with Crippen LogP contribution in [0.15, 0.2) is 71.6 Å². The van der Waals surface area contributed by atoms with E-state index in [1.54, 1.807) is 16.3 Å². The first kappa shape index (κ1) is 20.4. The maximum atomic E-state index is 13.3. The van der Waals surface area contributed by atoms with Gasteiger partial charge in [-0.3, -0.25) is 14.4 Å². The third kappa shape index (κ3) is 3.46. The molecular formula is C26H22N2O3S. The SMILES string of the molecule is Cc1ccc(C2C(C(=O)c3ccsc3)C(=O)C(=O)N2CCc2c[nH]c3ccccc23)cc1. The third-order valence-electron chi connectivity index (χ3n) is 6.21. The average Bonchev–Trinajstić information content (AvgIpc) is 3.53. The Hall–Kier alpha value is -3.51. The molecule has 1 aliphatic rings. The highest BCUT2D eigenvalue weighted by atomic mass is 32.1. The van der Waals surface area contributed by atoms with Gasteiger partial charge in [0.05, 0.1) is 6.04 Å². The minimum absolute atomic E-state index is 0.287. The molecular weight excluding hydrogens is 420 g/mol. The molecule has 2 aromatic carbocycles. The second-order valence-electron chi connectivity index (χ2n) is 8.18. The average molecular weight is 443 g/mol. The Kier molecular flexibility index (Phi) is 5.23. The van der Waals surface area contributed by atoms with Gasteiger partial charge in [-0.25, -0.2) is 0 Å². The summed E-state index contributed by atoms with van der Waals surface area (Å²) in [5.41, 5.74) is 4.48. The predicted molar refractivity (Wildman–Crippen MR) is 125 cm³/mol. The van der Waals surface area contributed by atoms with Crippen LogP contribution in [0.3, 0.4) is 0 Å². The molecule has 1 saturated heterocycles. The minimum atomic E-state index is -1.03. The van der Waals surface area contributed by atoms with Crippen molar-refractivity contribution in [1.82, 2.24) is 9.88 Å². The highest BCUT2D eigenvalue weighted by Crippen LogP contribution is 2.38. The van der Waals surface area contributed by atoms with Crippen molar-refractivity contribution in [2.45, 2.75) is 19.4 Å². The monoisotopic (exact) mass is 442 g/mol. The van der Waals surface area contributed by atoms with E-state index in [2.05, 4.69) is 4.98 Å². The van der Waals surface area contributed by atoms with E-state index in [-0.39, 0.29) is 5.78 Å². The summed E-state index contributed by atoms with van der Waals surface area (Å²) in [6, 6.07) is 16.8. The molecule has 1 N–H and O–H groups in total. The fraction of sp³-hybridized carbons (Fsp3) is 0.192. The molecule has 0 saturated carbocycles. The number of Topliss-reactive ketones (excluding diaryl/α,β-unsaturated/α-hetero) is 2. The lowest BCUT2D eigenvalue weighted by molar-refractivity contribution is -0.140. The fourth-order valence-corrected chi connectivity index (χ4v) is 5.17. The van der Waals surface area contributed by atoms with Gasteiger partial charge in [0.1, 0.15) is 5.92 Å². The van der Waals surface area contributed by atoms with Crippen molar-refractivity contribution < 1.29 is 14.4 Å². The zero-order valence-electron chi connectivity index (χ0n) is 17.6. The van der Waals surface area contributed by atoms with Gasteiger partial charge in [-0.05, 0) is 42.0 Å². The molecule has 4 aromatic rings. The molecule has 5 rings (SSSR count). The van der Waals surface area contributed by atoms with Crippen molar-refractivity contribution in [3.63, 3.8) is 0 Å². The van der Waals surface area contributed by atoms with Gasteiger partial charge in [-0.15, -0.1) is 0 Å². The molecule has 6 heteroatoms. The number of carbonyl (C=O) groups excluding carboxylic acids is 3. The van der Waals surface area contributed by atoms with E-state index in [1.165, 1.54) is 11.3 Å². The predicted octanol–water partition coefficient (Wildman–Crippen LogP) is 4.73. The maximum Gasteiger partial charge on any atom is 0.291 e. The van der Waals surface area contributed by atoms with E-state index >= 15 is 0 Å². The molecule has 3 heterocycles. The molecule has 1 aliphatic heterocycles. The number of aryl methyl sites for hydroxylation is 1. The fourth-order valence-electron chi connectivity index (χ4n) is 4.53. The number of rotatable bonds is 6. The van der Waals surface area contributed by atoms with Crippen molar-refractivity contribution >= 4 is 39.7 Å². The Morgan fingerprint density at radius 3 is 2.59 bits per heavy atom. The van der Waals surface area contributed by atoms with Crippen LogP contribution in [0.5, 0.6) is 0 Å². The van der Waals surface area contributed by atoms with Gasteiger partial charge in [-0.2, -0.15) is 11.3 Å². The molecule has 0 bridgehead atoms. The second kappa shape index (κ2) is 8.20. The molecule has 1 amide bonds. The van der Waals surface area contributed by atoms with Crippen LogP contribution in [0.4, 0.5) is 0 Å². The van der Waals surface area contributed by atoms with Crippen LogP contribution < -0.4 is 0 Å². The quantitative estimate of drug-likeness (QED) is 0.267. The summed E-state index contributed by atoms with van der Waals surface area (Å²) < 4.78 is 0. The number of nitrogens with zero attached hydrogens (tertiary/aromatic N) is 1. The van der Waals surface area contributed by atoms with Gasteiger partial charge in [0.2, 0.25) is 5.78 Å². The number of likely N-dealkylation sites (tertiary alicyclic amines) is 1. The molecule has 0 spiro atoms. The number of benzene rings is 2. The summed E-state index contributed by atoms with van der Waals surface area (Å²) in [6.45, 7) is 2.34. The Labute approximate surface area is 189 Å². The van der Waals surface area contributed by atoms with Gasteiger partial charge < -0.3 is 9.88 Å². The summed E-state index contributed by atoms with van der Waals surface area (Å²) in [6.07, 6.45) is 2.53. The van der Waals surface area contributed by atoms with E-state index in [0.29, 0.717) is 18.5 Å². The normalized spacial score (nSPS) is 18.6. The lowest BCUT2D eigenvalue weighted by Crippen LogP contribution is -2.32. The van der Waals surface area contributed by atoms with Gasteiger partial charge in [0.25, 0.3) is 5.91 Å². The summed E-state index contributed by atoms with van der Waals surface area (Å²) in [7, 11) is 0. The first-order valence-corrected chi connectivity index (χ1v) is 11.5. The van der Waals surface area contributed by atoms with Crippen LogP contribution in [0, 0.1) is 12.8 Å². The molecule has 0 radical (unpaired) electrons. The van der Waals surface area contributed by atoms with Gasteiger partial charge in [0, 0.05) is 34.6 Å². The summed E-state index contributed by atoms with van der Waals surface area (Å²) in [5, 5.41) is 4.65. The van der Waals surface area contributed by atoms with E-state index in [0.717, 1.165) is 27.6 Å². The number of nitrogens with one attached hydrogen (secondary N) is 1. The number of hydrogen-bond acceptors (Lipinski definition) is 4. The number of hydrogen-bond donors (Lipinski definition) is 1. The van der Waals surface area contributed by atoms with Crippen molar-refractivity contribution in [1.29, 1.82) is 0 Å². The van der Waals surface area contributed by atoms with E-state index in [4.69, 9.17) is 0 Å². The number of fused-ring (bicyclic) bond motifs is 1. The number of carbonyl (C=O) groups is 3. The largest absolute Gasteiger partial charge is 0.361 e. The molecule has 2 aromatic heterocycles. The van der Waals surface area contributed by atoms with Crippen LogP contribution in [-0.4, -0.2) is 33.9 Å². The minimum Gasteiger partial charge on any atom is -0.361 e. The van der Waals surface area contributed by atoms with E-state index in [1.807, 2.05) is 67.0 Å². The molecule has 5 nitrogen and oxygen atoms in total. The highest BCUT2D eigenvalue weighted by molar-refractivity contribution is 7.08. The van der Waals surface area contributed by atoms with Crippen LogP contribution in [0.1, 0.15) is 33.1 Å². The number of para-hydroxylation sites is 1. The number of aromatic amines is 1. The van der Waals surface area contributed by atoms with E-state index in [9.17, 15) is 14.4 Å². The van der Waals surface area contributed by atoms with Crippen molar-refractivity contribution in [2.24, 2.45) is 5.92 Å². The summed E-state index contributed by atoms with van der Waals surface area (Å²) in [5.74, 6) is -2.51. The summed E-state index contributed by atoms with van der Waals surface area (Å²) >= 11 is 1.40. The number of thiophene rings is 1. The topological polar surface area (TPSA) is 70.2 Å². The second-order valence-corrected chi connectivity index (χ2v) is 8.96. The first-order valence-electron chi connectivity index (χ1n) is 10.6. The van der Waals surface area contributed by atoms with Gasteiger partial charge in [-0.1, -0.05) is 48.0 Å². The number of amides is 1. The number of H-pyrrole nitrogens is 1. The van der Waals surface area contributed by atoms with Crippen molar-refractivity contribution in [3.05, 3.63) is 93.8 Å². The van der Waals surface area contributed by atoms with E-state index < -0.39 is 23.7 Å². The summed E-state index contributed by atoms with van der Waals surface area (Å²) in [4.78, 5) is 44.3. The molecule has 32 heavy (non-hydrogen) atoms. The van der Waals surface area contributed by atoms with Gasteiger partial charge >= 0.3 is 0 Å². The zero-order valence-corrected chi connectivity index (χ0v) is 18.4. The van der Waals surface area contributed by atoms with Gasteiger partial charge in [0.15, 0.2) is 5.78 Å². The lowest BCUT2D eigenvalue weighted by Gasteiger charge is -2.27.